The summed E-state index contributed by atoms with van der Waals surface area (Å²) in [6.45, 7) is 4.03. The van der Waals surface area contributed by atoms with Crippen molar-refractivity contribution < 1.29 is 14.0 Å². The number of anilines is 1. The van der Waals surface area contributed by atoms with Crippen molar-refractivity contribution in [3.05, 3.63) is 46.7 Å². The molecule has 1 N–H and O–H groups in total. The number of carbonyl (C=O) groups is 2. The van der Waals surface area contributed by atoms with Crippen LogP contribution in [-0.2, 0) is 11.3 Å². The molecule has 2 aliphatic rings. The van der Waals surface area contributed by atoms with Crippen molar-refractivity contribution in [1.82, 2.24) is 14.8 Å². The first kappa shape index (κ1) is 20.9. The first-order valence-electron chi connectivity index (χ1n) is 10.6. The van der Waals surface area contributed by atoms with Crippen LogP contribution in [0.5, 0.6) is 0 Å². The van der Waals surface area contributed by atoms with Gasteiger partial charge in [0.15, 0.2) is 5.13 Å². The maximum absolute atomic E-state index is 13.1. The molecule has 2 aliphatic heterocycles. The van der Waals surface area contributed by atoms with Crippen LogP contribution < -0.4 is 5.32 Å². The van der Waals surface area contributed by atoms with Gasteiger partial charge in [-0.1, -0.05) is 6.42 Å². The molecule has 8 heteroatoms. The van der Waals surface area contributed by atoms with E-state index in [1.54, 1.807) is 4.90 Å². The first-order valence-corrected chi connectivity index (χ1v) is 11.5. The number of hydrogen-bond donors (Lipinski definition) is 1. The summed E-state index contributed by atoms with van der Waals surface area (Å²) < 4.78 is 13.1. The molecule has 0 aliphatic carbocycles. The predicted molar refractivity (Wildman–Crippen MR) is 115 cm³/mol. The maximum Gasteiger partial charge on any atom is 0.253 e. The number of piperidine rings is 2. The van der Waals surface area contributed by atoms with Gasteiger partial charge in [-0.3, -0.25) is 14.5 Å². The Labute approximate surface area is 180 Å². The summed E-state index contributed by atoms with van der Waals surface area (Å²) in [5.74, 6) is -0.890. The number of likely N-dealkylation sites (tertiary alicyclic amines) is 2. The molecular weight excluding hydrogens is 403 g/mol. The molecule has 1 aromatic heterocycles. The second kappa shape index (κ2) is 9.66. The Bertz CT molecular complexity index is 880. The zero-order chi connectivity index (χ0) is 20.9. The van der Waals surface area contributed by atoms with Gasteiger partial charge < -0.3 is 10.2 Å². The van der Waals surface area contributed by atoms with Gasteiger partial charge in [-0.05, 0) is 63.0 Å². The van der Waals surface area contributed by atoms with E-state index < -0.39 is 0 Å². The average Bonchev–Trinajstić information content (AvgIpc) is 3.21. The number of benzene rings is 1. The summed E-state index contributed by atoms with van der Waals surface area (Å²) in [7, 11) is 0. The smallest absolute Gasteiger partial charge is 0.253 e. The number of hydrogen-bond acceptors (Lipinski definition) is 5. The Kier molecular flexibility index (Phi) is 6.74. The second-order valence-corrected chi connectivity index (χ2v) is 8.93. The molecule has 1 atom stereocenters. The van der Waals surface area contributed by atoms with Gasteiger partial charge in [-0.2, -0.15) is 0 Å². The topological polar surface area (TPSA) is 65.5 Å². The minimum Gasteiger partial charge on any atom is -0.338 e. The van der Waals surface area contributed by atoms with Gasteiger partial charge in [0.25, 0.3) is 5.91 Å². The highest BCUT2D eigenvalue weighted by Crippen LogP contribution is 2.23. The Morgan fingerprint density at radius 1 is 1.10 bits per heavy atom. The predicted octanol–water partition coefficient (Wildman–Crippen LogP) is 3.76. The fourth-order valence-electron chi connectivity index (χ4n) is 4.14. The number of amides is 2. The lowest BCUT2D eigenvalue weighted by atomic mass is 9.96. The van der Waals surface area contributed by atoms with Crippen LogP contribution in [-0.4, -0.2) is 52.8 Å². The third kappa shape index (κ3) is 5.23. The van der Waals surface area contributed by atoms with Crippen molar-refractivity contribution in [1.29, 1.82) is 0 Å². The van der Waals surface area contributed by atoms with E-state index >= 15 is 0 Å². The zero-order valence-corrected chi connectivity index (χ0v) is 17.8. The number of nitrogens with one attached hydrogen (secondary N) is 1. The van der Waals surface area contributed by atoms with E-state index in [2.05, 4.69) is 15.2 Å². The number of aromatic nitrogens is 1. The minimum absolute atomic E-state index is 0.0921. The summed E-state index contributed by atoms with van der Waals surface area (Å²) in [5.41, 5.74) is 1.44. The van der Waals surface area contributed by atoms with Gasteiger partial charge in [-0.25, -0.2) is 9.37 Å². The lowest BCUT2D eigenvalue weighted by molar-refractivity contribution is -0.121. The zero-order valence-electron chi connectivity index (χ0n) is 17.0. The molecule has 160 valence electrons. The van der Waals surface area contributed by atoms with Gasteiger partial charge in [0, 0.05) is 30.6 Å². The number of nitrogens with zero attached hydrogens (tertiary/aromatic N) is 3. The Morgan fingerprint density at radius 2 is 1.87 bits per heavy atom. The highest BCUT2D eigenvalue weighted by Gasteiger charge is 2.29. The third-order valence-corrected chi connectivity index (χ3v) is 6.59. The van der Waals surface area contributed by atoms with E-state index in [9.17, 15) is 14.0 Å². The highest BCUT2D eigenvalue weighted by atomic mass is 32.1. The molecule has 2 aromatic rings. The van der Waals surface area contributed by atoms with Gasteiger partial charge in [-0.15, -0.1) is 11.3 Å². The first-order chi connectivity index (χ1) is 14.6. The molecular formula is C22H27FN4O2S. The highest BCUT2D eigenvalue weighted by molar-refractivity contribution is 7.13. The largest absolute Gasteiger partial charge is 0.338 e. The van der Waals surface area contributed by atoms with Crippen LogP contribution in [0.4, 0.5) is 9.52 Å². The molecule has 0 radical (unpaired) electrons. The summed E-state index contributed by atoms with van der Waals surface area (Å²) in [4.78, 5) is 34.1. The van der Waals surface area contributed by atoms with Crippen LogP contribution in [0.1, 0.15) is 48.2 Å². The van der Waals surface area contributed by atoms with Crippen LogP contribution >= 0.6 is 11.3 Å². The van der Waals surface area contributed by atoms with E-state index in [0.717, 1.165) is 38.2 Å². The number of halogens is 1. The van der Waals surface area contributed by atoms with Gasteiger partial charge in [0.1, 0.15) is 5.82 Å². The lowest BCUT2D eigenvalue weighted by Crippen LogP contribution is -2.43. The molecule has 2 amide bonds. The molecule has 6 nitrogen and oxygen atoms in total. The van der Waals surface area contributed by atoms with Crippen molar-refractivity contribution >= 4 is 28.3 Å². The van der Waals surface area contributed by atoms with Crippen molar-refractivity contribution in [2.45, 2.75) is 38.6 Å². The van der Waals surface area contributed by atoms with Gasteiger partial charge >= 0.3 is 0 Å². The number of rotatable bonds is 5. The van der Waals surface area contributed by atoms with E-state index in [4.69, 9.17) is 0 Å². The summed E-state index contributed by atoms with van der Waals surface area (Å²) in [6, 6.07) is 5.54. The third-order valence-electron chi connectivity index (χ3n) is 5.79. The number of thiazole rings is 1. The van der Waals surface area contributed by atoms with Crippen molar-refractivity contribution in [3.8, 4) is 0 Å². The lowest BCUT2D eigenvalue weighted by Gasteiger charge is -2.32. The Morgan fingerprint density at radius 3 is 2.63 bits per heavy atom. The average molecular weight is 431 g/mol. The molecule has 2 saturated heterocycles. The molecule has 4 rings (SSSR count). The standard InChI is InChI=1S/C22H27FN4O2S/c23-18-8-6-16(7-9-18)21(29)27-12-4-5-17(13-27)20(28)25-22-24-19(15-30-22)14-26-10-2-1-3-11-26/h6-9,15,17H,1-5,10-14H2,(H,24,25,28). The molecule has 1 unspecified atom stereocenters. The molecule has 1 aromatic carbocycles. The molecule has 0 bridgehead atoms. The Hall–Kier alpha value is -2.32. The second-order valence-electron chi connectivity index (χ2n) is 8.07. The Balaban J connectivity index is 1.32. The summed E-state index contributed by atoms with van der Waals surface area (Å²) >= 11 is 1.45. The summed E-state index contributed by atoms with van der Waals surface area (Å²) in [5, 5.41) is 5.57. The minimum atomic E-state index is -0.370. The summed E-state index contributed by atoms with van der Waals surface area (Å²) in [6.07, 6.45) is 5.29. The maximum atomic E-state index is 13.1. The normalized spacial score (nSPS) is 20.2. The van der Waals surface area contributed by atoms with Crippen molar-refractivity contribution in [2.75, 3.05) is 31.5 Å². The van der Waals surface area contributed by atoms with Crippen LogP contribution in [0.2, 0.25) is 0 Å². The van der Waals surface area contributed by atoms with E-state index in [0.29, 0.717) is 23.8 Å². The quantitative estimate of drug-likeness (QED) is 0.785. The van der Waals surface area contributed by atoms with Crippen LogP contribution in [0.15, 0.2) is 29.6 Å². The number of carbonyl (C=O) groups excluding carboxylic acids is 2. The van der Waals surface area contributed by atoms with Crippen molar-refractivity contribution in [3.63, 3.8) is 0 Å². The fourth-order valence-corrected chi connectivity index (χ4v) is 4.85. The SMILES string of the molecule is O=C(Nc1nc(CN2CCCCC2)cs1)C1CCCN(C(=O)c2ccc(F)cc2)C1. The molecule has 30 heavy (non-hydrogen) atoms. The van der Waals surface area contributed by atoms with Crippen LogP contribution in [0.25, 0.3) is 0 Å². The van der Waals surface area contributed by atoms with Gasteiger partial charge in [0.2, 0.25) is 5.91 Å². The van der Waals surface area contributed by atoms with E-state index in [1.165, 1.54) is 54.9 Å². The van der Waals surface area contributed by atoms with Crippen molar-refractivity contribution in [2.24, 2.45) is 5.92 Å². The van der Waals surface area contributed by atoms with Crippen LogP contribution in [0, 0.1) is 11.7 Å². The molecule has 0 spiro atoms. The molecule has 2 fully saturated rings. The van der Waals surface area contributed by atoms with E-state index in [1.807, 2.05) is 5.38 Å². The molecule has 0 saturated carbocycles. The molecule has 3 heterocycles. The van der Waals surface area contributed by atoms with Crippen LogP contribution in [0.3, 0.4) is 0 Å². The monoisotopic (exact) mass is 430 g/mol. The van der Waals surface area contributed by atoms with E-state index in [-0.39, 0.29) is 23.5 Å². The fraction of sp³-hybridized carbons (Fsp3) is 0.500. The van der Waals surface area contributed by atoms with Gasteiger partial charge in [0.05, 0.1) is 11.6 Å².